The number of carbonyl (C=O) groups is 2. The summed E-state index contributed by atoms with van der Waals surface area (Å²) in [7, 11) is 0. The third-order valence-electron chi connectivity index (χ3n) is 4.03. The van der Waals surface area contributed by atoms with Gasteiger partial charge in [-0.25, -0.2) is 0 Å². The van der Waals surface area contributed by atoms with Crippen LogP contribution in [0.15, 0.2) is 0 Å². The summed E-state index contributed by atoms with van der Waals surface area (Å²) in [5.41, 5.74) is 0. The number of carbonyl (C=O) groups excluding carboxylic acids is 2. The Morgan fingerprint density at radius 2 is 0.960 bits per heavy atom. The molecule has 136 valence electrons. The van der Waals surface area contributed by atoms with Crippen LogP contribution in [0.25, 0.3) is 0 Å². The maximum absolute atomic E-state index is 10.5. The van der Waals surface area contributed by atoms with Gasteiger partial charge in [0.05, 0.1) is 11.9 Å². The van der Waals surface area contributed by atoms with Crippen molar-refractivity contribution in [1.29, 1.82) is 0 Å². The second kappa shape index (κ2) is 22.9. The molecule has 0 aromatic heterocycles. The molecule has 0 aliphatic heterocycles. The summed E-state index contributed by atoms with van der Waals surface area (Å²) >= 11 is 0. The van der Waals surface area contributed by atoms with E-state index in [1.807, 2.05) is 0 Å². The van der Waals surface area contributed by atoms with Crippen molar-refractivity contribution in [3.63, 3.8) is 0 Å². The van der Waals surface area contributed by atoms with Gasteiger partial charge in [0.1, 0.15) is 0 Å². The Kier molecular flexibility index (Phi) is 28.1. The normalized spacial score (nSPS) is 10.2. The summed E-state index contributed by atoms with van der Waals surface area (Å²) in [4.78, 5) is 22.4. The van der Waals surface area contributed by atoms with E-state index in [4.69, 9.17) is 0 Å². The van der Waals surface area contributed by atoms with Crippen LogP contribution in [-0.4, -0.2) is 36.5 Å². The number of hydrogen-bond donors (Lipinski definition) is 0. The van der Waals surface area contributed by atoms with Crippen LogP contribution in [0.3, 0.4) is 0 Å². The zero-order valence-corrected chi connectivity index (χ0v) is 20.7. The molecule has 0 saturated heterocycles. The Bertz CT molecular complexity index is 301. The van der Waals surface area contributed by atoms with Crippen LogP contribution in [0.4, 0.5) is 0 Å². The number of carboxylic acid groups (broad SMARTS) is 2. The summed E-state index contributed by atoms with van der Waals surface area (Å²) in [5, 5.41) is 21.1. The van der Waals surface area contributed by atoms with E-state index in [1.54, 1.807) is 0 Å². The molecule has 0 aliphatic carbocycles. The summed E-state index contributed by atoms with van der Waals surface area (Å²) in [5.74, 6) is -2.49. The first kappa shape index (κ1) is 30.6. The van der Waals surface area contributed by atoms with Crippen LogP contribution >= 0.6 is 0 Å². The fourth-order valence-corrected chi connectivity index (χ4v) is 2.76. The maximum Gasteiger partial charge on any atom is 1.00 e. The van der Waals surface area contributed by atoms with Crippen molar-refractivity contribution in [1.82, 2.24) is 4.90 Å². The van der Waals surface area contributed by atoms with Gasteiger partial charge < -0.3 is 19.8 Å². The minimum atomic E-state index is -1.25. The Morgan fingerprint density at radius 1 is 0.640 bits per heavy atom. The smallest absolute Gasteiger partial charge is 0.549 e. The Balaban J connectivity index is -0.00000242. The number of unbranched alkanes of at least 4 members (excludes halogenated alkanes) is 11. The molecule has 0 rings (SSSR count). The van der Waals surface area contributed by atoms with Gasteiger partial charge in [-0.3, -0.25) is 4.90 Å². The van der Waals surface area contributed by atoms with Crippen molar-refractivity contribution in [2.75, 3.05) is 19.6 Å². The van der Waals surface area contributed by atoms with Gasteiger partial charge in [0.2, 0.25) is 0 Å². The van der Waals surface area contributed by atoms with E-state index in [-0.39, 0.29) is 72.2 Å². The molecule has 0 amide bonds. The van der Waals surface area contributed by atoms with E-state index < -0.39 is 11.9 Å². The summed E-state index contributed by atoms with van der Waals surface area (Å²) < 4.78 is 0. The Labute approximate surface area is 197 Å². The summed E-state index contributed by atoms with van der Waals surface area (Å²) in [6, 6.07) is 0. The monoisotopic (exact) mass is 373 g/mol. The number of aliphatic carboxylic acids is 2. The SMILES string of the molecule is CCCCCCCCCCCCCCN(CC(=O)[O-])CC(=O)[O-].[Na+].[Na+]. The quantitative estimate of drug-likeness (QED) is 0.190. The van der Waals surface area contributed by atoms with Gasteiger partial charge in [0, 0.05) is 13.1 Å². The van der Waals surface area contributed by atoms with Gasteiger partial charge in [-0.2, -0.15) is 0 Å². The third-order valence-corrected chi connectivity index (χ3v) is 4.03. The first-order valence-corrected chi connectivity index (χ1v) is 9.18. The minimum Gasteiger partial charge on any atom is -0.549 e. The second-order valence-electron chi connectivity index (χ2n) is 6.34. The molecule has 0 atom stereocenters. The molecule has 0 bridgehead atoms. The molecule has 5 nitrogen and oxygen atoms in total. The van der Waals surface area contributed by atoms with E-state index in [1.165, 1.54) is 62.7 Å². The summed E-state index contributed by atoms with van der Waals surface area (Å²) in [6.45, 7) is 2.02. The predicted molar refractivity (Wildman–Crippen MR) is 87.5 cm³/mol. The summed E-state index contributed by atoms with van der Waals surface area (Å²) in [6.07, 6.45) is 14.8. The Hall–Kier alpha value is 0.900. The molecule has 0 aromatic carbocycles. The van der Waals surface area contributed by atoms with E-state index >= 15 is 0 Å². The van der Waals surface area contributed by atoms with Gasteiger partial charge in [0.25, 0.3) is 0 Å². The van der Waals surface area contributed by atoms with Crippen LogP contribution in [0.1, 0.15) is 84.0 Å². The van der Waals surface area contributed by atoms with Crippen molar-refractivity contribution in [2.45, 2.75) is 84.0 Å². The molecule has 25 heavy (non-hydrogen) atoms. The van der Waals surface area contributed by atoms with Crippen LogP contribution < -0.4 is 69.3 Å². The van der Waals surface area contributed by atoms with Gasteiger partial charge in [-0.15, -0.1) is 0 Å². The van der Waals surface area contributed by atoms with Crippen LogP contribution in [0.5, 0.6) is 0 Å². The third kappa shape index (κ3) is 24.9. The van der Waals surface area contributed by atoms with E-state index in [0.717, 1.165) is 19.3 Å². The molecule has 0 unspecified atom stereocenters. The molecule has 0 spiro atoms. The van der Waals surface area contributed by atoms with Gasteiger partial charge in [-0.05, 0) is 13.0 Å². The average molecular weight is 373 g/mol. The molecule has 0 aromatic rings. The van der Waals surface area contributed by atoms with Gasteiger partial charge in [0.15, 0.2) is 0 Å². The van der Waals surface area contributed by atoms with Crippen LogP contribution in [0.2, 0.25) is 0 Å². The molecule has 0 N–H and O–H groups in total. The minimum absolute atomic E-state index is 0. The number of rotatable bonds is 17. The first-order valence-electron chi connectivity index (χ1n) is 9.18. The average Bonchev–Trinajstić information content (AvgIpc) is 2.47. The number of hydrogen-bond acceptors (Lipinski definition) is 5. The number of nitrogens with zero attached hydrogens (tertiary/aromatic N) is 1. The fraction of sp³-hybridized carbons (Fsp3) is 0.889. The molecule has 7 heteroatoms. The second-order valence-corrected chi connectivity index (χ2v) is 6.34. The molecular formula is C18H33NNa2O4. The van der Waals surface area contributed by atoms with Crippen LogP contribution in [-0.2, 0) is 9.59 Å². The maximum atomic E-state index is 10.5. The molecule has 0 saturated carbocycles. The zero-order chi connectivity index (χ0) is 17.3. The van der Waals surface area contributed by atoms with Gasteiger partial charge >= 0.3 is 59.1 Å². The van der Waals surface area contributed by atoms with Gasteiger partial charge in [-0.1, -0.05) is 77.6 Å². The van der Waals surface area contributed by atoms with Crippen molar-refractivity contribution in [3.05, 3.63) is 0 Å². The standard InChI is InChI=1S/C18H35NO4.2Na/c1-2-3-4-5-6-7-8-9-10-11-12-13-14-19(15-17(20)21)16-18(22)23;;/h2-16H2,1H3,(H,20,21)(H,22,23);;/q;2*+1/p-2. The van der Waals surface area contributed by atoms with Crippen molar-refractivity contribution >= 4 is 11.9 Å². The molecular weight excluding hydrogens is 340 g/mol. The molecule has 0 heterocycles. The zero-order valence-electron chi connectivity index (χ0n) is 16.7. The molecule has 0 aliphatic rings. The van der Waals surface area contributed by atoms with E-state index in [0.29, 0.717) is 6.54 Å². The van der Waals surface area contributed by atoms with Crippen molar-refractivity contribution in [2.24, 2.45) is 0 Å². The number of carboxylic acids is 2. The predicted octanol–water partition coefficient (Wildman–Crippen LogP) is -4.50. The van der Waals surface area contributed by atoms with Crippen molar-refractivity contribution in [3.8, 4) is 0 Å². The van der Waals surface area contributed by atoms with Crippen LogP contribution in [0, 0.1) is 0 Å². The topological polar surface area (TPSA) is 83.5 Å². The van der Waals surface area contributed by atoms with E-state index in [2.05, 4.69) is 6.92 Å². The Morgan fingerprint density at radius 3 is 1.28 bits per heavy atom. The fourth-order valence-electron chi connectivity index (χ4n) is 2.76. The largest absolute Gasteiger partial charge is 1.00 e. The molecule has 0 fully saturated rings. The molecule has 0 radical (unpaired) electrons. The van der Waals surface area contributed by atoms with Crippen molar-refractivity contribution < 1.29 is 78.9 Å². The first-order chi connectivity index (χ1) is 11.1. The van der Waals surface area contributed by atoms with E-state index in [9.17, 15) is 19.8 Å².